The van der Waals surface area contributed by atoms with Gasteiger partial charge in [0, 0.05) is 12.4 Å². The summed E-state index contributed by atoms with van der Waals surface area (Å²) < 4.78 is 0. The van der Waals surface area contributed by atoms with Crippen LogP contribution >= 0.6 is 0 Å². The van der Waals surface area contributed by atoms with Crippen LogP contribution in [0.3, 0.4) is 0 Å². The van der Waals surface area contributed by atoms with Crippen molar-refractivity contribution in [3.8, 4) is 0 Å². The van der Waals surface area contributed by atoms with Gasteiger partial charge in [0.05, 0.1) is 0 Å². The molecule has 0 heterocycles. The molecule has 0 aromatic rings. The van der Waals surface area contributed by atoms with E-state index in [9.17, 15) is 9.90 Å². The Kier molecular flexibility index (Phi) is 26.8. The van der Waals surface area contributed by atoms with Crippen molar-refractivity contribution in [2.45, 2.75) is 19.8 Å². The van der Waals surface area contributed by atoms with Crippen LogP contribution in [0.4, 0.5) is 0 Å². The first-order valence-electron chi connectivity index (χ1n) is 2.44. The van der Waals surface area contributed by atoms with E-state index in [4.69, 9.17) is 9.90 Å². The van der Waals surface area contributed by atoms with E-state index in [1.165, 1.54) is 0 Å². The van der Waals surface area contributed by atoms with Crippen LogP contribution in [-0.4, -0.2) is 50.2 Å². The van der Waals surface area contributed by atoms with Gasteiger partial charge < -0.3 is 19.8 Å². The molecule has 5 heteroatoms. The maximum Gasteiger partial charge on any atom is 2.00 e. The summed E-state index contributed by atoms with van der Waals surface area (Å²) in [4.78, 5) is 17.7. The largest absolute Gasteiger partial charge is 2.00 e. The van der Waals surface area contributed by atoms with Crippen molar-refractivity contribution in [2.24, 2.45) is 0 Å². The number of hydrogen-bond donors (Lipinski definition) is 0. The molecule has 0 aliphatic heterocycles. The molecule has 0 rings (SSSR count). The molecule has 0 radical (unpaired) electrons. The number of aliphatic carboxylic acids is 1. The second-order valence-corrected chi connectivity index (χ2v) is 1.22. The molecule has 0 aromatic heterocycles. The maximum atomic E-state index is 9.49. The van der Waals surface area contributed by atoms with Crippen molar-refractivity contribution < 1.29 is 19.8 Å². The summed E-state index contributed by atoms with van der Waals surface area (Å²) >= 11 is 0. The van der Waals surface area contributed by atoms with Crippen molar-refractivity contribution >= 4 is 50.2 Å². The molecular weight excluding hydrogens is 164 g/mol. The molecule has 10 heavy (non-hydrogen) atoms. The van der Waals surface area contributed by atoms with Gasteiger partial charge >= 0.3 is 37.7 Å². The van der Waals surface area contributed by atoms with E-state index < -0.39 is 12.4 Å². The minimum Gasteiger partial charge on any atom is -0.554 e. The van der Waals surface area contributed by atoms with Gasteiger partial charge in [-0.25, -0.2) is 0 Å². The summed E-state index contributed by atoms with van der Waals surface area (Å²) in [6, 6.07) is 0. The SMILES string of the molecule is CCCC(=O)[O-].O=C[O-].[Ca+2]. The third-order valence-electron chi connectivity index (χ3n) is 0.454. The minimum atomic E-state index is -0.961. The van der Waals surface area contributed by atoms with Gasteiger partial charge in [-0.3, -0.25) is 0 Å². The molecule has 0 aliphatic carbocycles. The maximum absolute atomic E-state index is 9.49. The van der Waals surface area contributed by atoms with Gasteiger partial charge in [-0.2, -0.15) is 0 Å². The van der Waals surface area contributed by atoms with Crippen LogP contribution < -0.4 is 10.2 Å². The zero-order valence-electron chi connectivity index (χ0n) is 5.83. The van der Waals surface area contributed by atoms with Crippen LogP contribution in [0.15, 0.2) is 0 Å². The number of carboxylic acid groups (broad SMARTS) is 2. The molecule has 0 amide bonds. The zero-order chi connectivity index (χ0) is 7.70. The van der Waals surface area contributed by atoms with E-state index >= 15 is 0 Å². The predicted octanol–water partition coefficient (Wildman–Crippen LogP) is -2.48. The Morgan fingerprint density at radius 2 is 1.90 bits per heavy atom. The van der Waals surface area contributed by atoms with E-state index in [2.05, 4.69) is 0 Å². The van der Waals surface area contributed by atoms with Crippen molar-refractivity contribution in [3.63, 3.8) is 0 Å². The van der Waals surface area contributed by atoms with E-state index in [1.807, 2.05) is 0 Å². The fourth-order valence-electron chi connectivity index (χ4n) is 0.204. The quantitative estimate of drug-likeness (QED) is 0.341. The summed E-state index contributed by atoms with van der Waals surface area (Å²) in [5.74, 6) is -0.961. The Bertz CT molecular complexity index is 83.7. The molecule has 0 fully saturated rings. The molecule has 0 saturated carbocycles. The number of carboxylic acids is 1. The van der Waals surface area contributed by atoms with Crippen molar-refractivity contribution in [2.75, 3.05) is 0 Å². The number of hydrogen-bond acceptors (Lipinski definition) is 4. The molecular formula is C5H8CaO4. The molecule has 0 N–H and O–H groups in total. The first kappa shape index (κ1) is 16.7. The summed E-state index contributed by atoms with van der Waals surface area (Å²) in [5, 5.41) is 17.7. The topological polar surface area (TPSA) is 80.3 Å². The Morgan fingerprint density at radius 1 is 1.60 bits per heavy atom. The summed E-state index contributed by atoms with van der Waals surface area (Å²) in [5.41, 5.74) is 0. The number of carbonyl (C=O) groups excluding carboxylic acids is 2. The molecule has 0 aromatic carbocycles. The van der Waals surface area contributed by atoms with Crippen molar-refractivity contribution in [3.05, 3.63) is 0 Å². The van der Waals surface area contributed by atoms with Gasteiger partial charge in [-0.1, -0.05) is 13.3 Å². The third kappa shape index (κ3) is 41.5. The van der Waals surface area contributed by atoms with Crippen molar-refractivity contribution in [1.29, 1.82) is 0 Å². The van der Waals surface area contributed by atoms with Crippen LogP contribution in [0.25, 0.3) is 0 Å². The van der Waals surface area contributed by atoms with Gasteiger partial charge in [0.1, 0.15) is 0 Å². The first-order valence-corrected chi connectivity index (χ1v) is 2.44. The normalized spacial score (nSPS) is 6.10. The Morgan fingerprint density at radius 3 is 1.90 bits per heavy atom. The average Bonchev–Trinajstić information content (AvgIpc) is 1.67. The smallest absolute Gasteiger partial charge is 0.554 e. The van der Waals surface area contributed by atoms with E-state index in [0.29, 0.717) is 6.42 Å². The molecule has 0 aliphatic rings. The summed E-state index contributed by atoms with van der Waals surface area (Å²) in [6.45, 7) is 1.30. The van der Waals surface area contributed by atoms with Crippen LogP contribution in [0.2, 0.25) is 0 Å². The van der Waals surface area contributed by atoms with Gasteiger partial charge in [-0.05, 0) is 6.42 Å². The zero-order valence-corrected chi connectivity index (χ0v) is 8.04. The molecule has 0 unspecified atom stereocenters. The summed E-state index contributed by atoms with van der Waals surface area (Å²) in [7, 11) is 0. The third-order valence-corrected chi connectivity index (χ3v) is 0.454. The van der Waals surface area contributed by atoms with Crippen molar-refractivity contribution in [1.82, 2.24) is 0 Å². The minimum absolute atomic E-state index is 0. The first-order chi connectivity index (χ1) is 4.18. The Hall–Kier alpha value is 0.200. The van der Waals surface area contributed by atoms with Gasteiger partial charge in [0.25, 0.3) is 0 Å². The fraction of sp³-hybridized carbons (Fsp3) is 0.600. The van der Waals surface area contributed by atoms with Gasteiger partial charge in [-0.15, -0.1) is 0 Å². The fourth-order valence-corrected chi connectivity index (χ4v) is 0.204. The molecule has 54 valence electrons. The monoisotopic (exact) mass is 172 g/mol. The molecule has 0 saturated heterocycles. The van der Waals surface area contributed by atoms with Crippen LogP contribution in [0, 0.1) is 0 Å². The van der Waals surface area contributed by atoms with E-state index in [1.54, 1.807) is 6.92 Å². The Balaban J connectivity index is -0.000000107. The number of rotatable bonds is 2. The van der Waals surface area contributed by atoms with Gasteiger partial charge in [0.2, 0.25) is 0 Å². The van der Waals surface area contributed by atoms with Crippen LogP contribution in [0.1, 0.15) is 19.8 Å². The van der Waals surface area contributed by atoms with E-state index in [0.717, 1.165) is 0 Å². The molecule has 4 nitrogen and oxygen atoms in total. The summed E-state index contributed by atoms with van der Waals surface area (Å²) in [6.07, 6.45) is 0.850. The van der Waals surface area contributed by atoms with Crippen LogP contribution in [-0.2, 0) is 9.59 Å². The second-order valence-electron chi connectivity index (χ2n) is 1.22. The standard InChI is InChI=1S/C4H8O2.CH2O2.Ca/c1-2-3-4(5)6;2-1-3;/h2-3H2,1H3,(H,5,6);1H,(H,2,3);/q;;+2/p-2. The second kappa shape index (κ2) is 16.1. The Labute approximate surface area is 89.2 Å². The predicted molar refractivity (Wildman–Crippen MR) is 31.7 cm³/mol. The van der Waals surface area contributed by atoms with Gasteiger partial charge in [0.15, 0.2) is 0 Å². The van der Waals surface area contributed by atoms with E-state index in [-0.39, 0.29) is 44.2 Å². The number of carbonyl (C=O) groups is 2. The van der Waals surface area contributed by atoms with Crippen LogP contribution in [0.5, 0.6) is 0 Å². The molecule has 0 atom stereocenters. The molecule has 0 spiro atoms. The average molecular weight is 172 g/mol. The molecule has 0 bridgehead atoms.